The second-order valence-corrected chi connectivity index (χ2v) is 9.46. The molecule has 6 heteroatoms. The highest BCUT2D eigenvalue weighted by atomic mass is 35.5. The maximum Gasteiger partial charge on any atom is 0.186 e. The number of nitrogens with zero attached hydrogens (tertiary/aromatic N) is 1. The third-order valence-corrected chi connectivity index (χ3v) is 6.74. The highest BCUT2D eigenvalue weighted by Gasteiger charge is 2.25. The van der Waals surface area contributed by atoms with Crippen LogP contribution in [0.1, 0.15) is 45.8 Å². The zero-order valence-electron chi connectivity index (χ0n) is 17.8. The van der Waals surface area contributed by atoms with Crippen LogP contribution in [0.2, 0.25) is 10.0 Å². The van der Waals surface area contributed by atoms with E-state index in [0.717, 1.165) is 33.5 Å². The SMILES string of the molecule is O=C(S)CC1c2cc(/C=C/c3ccc4cc(F)c(Cl)cc4n3)ccc2C=Cc2cccc(Cl)c21. The number of hydrogen-bond donors (Lipinski definition) is 1. The minimum atomic E-state index is -0.464. The third kappa shape index (κ3) is 4.54. The molecule has 1 aliphatic rings. The molecule has 0 radical (unpaired) electrons. The average molecular weight is 506 g/mol. The fraction of sp³-hybridized carbons (Fsp3) is 0.0714. The summed E-state index contributed by atoms with van der Waals surface area (Å²) in [5.41, 5.74) is 6.28. The summed E-state index contributed by atoms with van der Waals surface area (Å²) in [5, 5.41) is 1.17. The van der Waals surface area contributed by atoms with Crippen molar-refractivity contribution in [3.63, 3.8) is 0 Å². The highest BCUT2D eigenvalue weighted by Crippen LogP contribution is 2.41. The summed E-state index contributed by atoms with van der Waals surface area (Å²) in [6, 6.07) is 18.4. The Bertz CT molecular complexity index is 1510. The summed E-state index contributed by atoms with van der Waals surface area (Å²) < 4.78 is 13.7. The largest absolute Gasteiger partial charge is 0.287 e. The van der Waals surface area contributed by atoms with Gasteiger partial charge >= 0.3 is 0 Å². The highest BCUT2D eigenvalue weighted by molar-refractivity contribution is 7.96. The Labute approximate surface area is 212 Å². The molecular weight excluding hydrogens is 488 g/mol. The molecule has 1 unspecified atom stereocenters. The summed E-state index contributed by atoms with van der Waals surface area (Å²) in [6.07, 6.45) is 8.18. The molecule has 4 aromatic rings. The molecule has 34 heavy (non-hydrogen) atoms. The fourth-order valence-electron chi connectivity index (χ4n) is 4.35. The smallest absolute Gasteiger partial charge is 0.186 e. The van der Waals surface area contributed by atoms with Crippen LogP contribution in [0.25, 0.3) is 35.2 Å². The first kappa shape index (κ1) is 22.9. The molecule has 0 saturated heterocycles. The molecule has 3 aromatic carbocycles. The van der Waals surface area contributed by atoms with Crippen LogP contribution in [-0.4, -0.2) is 10.1 Å². The number of rotatable bonds is 4. The van der Waals surface area contributed by atoms with Gasteiger partial charge in [0.15, 0.2) is 5.12 Å². The first-order chi connectivity index (χ1) is 16.4. The maximum atomic E-state index is 13.7. The molecule has 0 amide bonds. The first-order valence-electron chi connectivity index (χ1n) is 10.6. The van der Waals surface area contributed by atoms with Gasteiger partial charge in [-0.1, -0.05) is 77.8 Å². The number of pyridine rings is 1. The van der Waals surface area contributed by atoms with Gasteiger partial charge in [0.2, 0.25) is 0 Å². The molecule has 168 valence electrons. The number of thiol groups is 1. The molecule has 0 aliphatic heterocycles. The number of hydrogen-bond acceptors (Lipinski definition) is 2. The van der Waals surface area contributed by atoms with Crippen molar-refractivity contribution in [3.05, 3.63) is 110 Å². The Hall–Kier alpha value is -2.92. The van der Waals surface area contributed by atoms with Crippen LogP contribution in [0.5, 0.6) is 0 Å². The minimum absolute atomic E-state index is 0.0451. The van der Waals surface area contributed by atoms with Crippen molar-refractivity contribution in [3.8, 4) is 0 Å². The molecule has 1 aromatic heterocycles. The summed E-state index contributed by atoms with van der Waals surface area (Å²) in [4.78, 5) is 16.6. The van der Waals surface area contributed by atoms with E-state index in [1.807, 2.05) is 60.7 Å². The van der Waals surface area contributed by atoms with Gasteiger partial charge in [-0.2, -0.15) is 0 Å². The fourth-order valence-corrected chi connectivity index (χ4v) is 5.00. The molecular formula is C28H18Cl2FNOS. The summed E-state index contributed by atoms with van der Waals surface area (Å²) in [7, 11) is 0. The third-order valence-electron chi connectivity index (χ3n) is 5.94. The van der Waals surface area contributed by atoms with Crippen LogP contribution in [0.3, 0.4) is 0 Å². The van der Waals surface area contributed by atoms with Gasteiger partial charge in [0.25, 0.3) is 0 Å². The van der Waals surface area contributed by atoms with E-state index >= 15 is 0 Å². The first-order valence-corrected chi connectivity index (χ1v) is 11.9. The molecule has 2 nitrogen and oxygen atoms in total. The average Bonchev–Trinajstić information content (AvgIpc) is 2.96. The molecule has 0 fully saturated rings. The summed E-state index contributed by atoms with van der Waals surface area (Å²) >= 11 is 16.6. The number of aromatic nitrogens is 1. The van der Waals surface area contributed by atoms with Crippen LogP contribution in [-0.2, 0) is 4.79 Å². The normalized spacial score (nSPS) is 14.8. The maximum absolute atomic E-state index is 13.7. The van der Waals surface area contributed by atoms with E-state index in [2.05, 4.69) is 29.8 Å². The predicted octanol–water partition coefficient (Wildman–Crippen LogP) is 8.31. The molecule has 0 N–H and O–H groups in total. The van der Waals surface area contributed by atoms with Gasteiger partial charge in [-0.3, -0.25) is 4.79 Å². The van der Waals surface area contributed by atoms with E-state index in [9.17, 15) is 9.18 Å². The minimum Gasteiger partial charge on any atom is -0.287 e. The Balaban J connectivity index is 1.54. The van der Waals surface area contributed by atoms with E-state index < -0.39 is 5.82 Å². The monoisotopic (exact) mass is 505 g/mol. The topological polar surface area (TPSA) is 30.0 Å². The number of benzene rings is 3. The van der Waals surface area contributed by atoms with Gasteiger partial charge in [0.05, 0.1) is 16.2 Å². The van der Waals surface area contributed by atoms with Gasteiger partial charge < -0.3 is 0 Å². The second kappa shape index (κ2) is 9.38. The lowest BCUT2D eigenvalue weighted by Gasteiger charge is -2.21. The lowest BCUT2D eigenvalue weighted by atomic mass is 9.84. The van der Waals surface area contributed by atoms with Crippen molar-refractivity contribution in [1.82, 2.24) is 4.98 Å². The Morgan fingerprint density at radius 1 is 0.971 bits per heavy atom. The van der Waals surface area contributed by atoms with E-state index in [0.29, 0.717) is 15.9 Å². The van der Waals surface area contributed by atoms with Crippen molar-refractivity contribution in [2.24, 2.45) is 0 Å². The molecule has 5 rings (SSSR count). The van der Waals surface area contributed by atoms with Crippen LogP contribution in [0.15, 0.2) is 60.7 Å². The molecule has 0 saturated carbocycles. The van der Waals surface area contributed by atoms with Crippen LogP contribution in [0.4, 0.5) is 4.39 Å². The van der Waals surface area contributed by atoms with E-state index in [1.54, 1.807) is 0 Å². The van der Waals surface area contributed by atoms with Crippen LogP contribution in [0, 0.1) is 5.82 Å². The number of carbonyl (C=O) groups excluding carboxylic acids is 1. The Kier molecular flexibility index (Phi) is 6.30. The lowest BCUT2D eigenvalue weighted by Crippen LogP contribution is -2.08. The lowest BCUT2D eigenvalue weighted by molar-refractivity contribution is -0.111. The predicted molar refractivity (Wildman–Crippen MR) is 143 cm³/mol. The molecule has 1 atom stereocenters. The van der Waals surface area contributed by atoms with E-state index in [4.69, 9.17) is 23.2 Å². The molecule has 0 bridgehead atoms. The zero-order valence-corrected chi connectivity index (χ0v) is 20.2. The summed E-state index contributed by atoms with van der Waals surface area (Å²) in [6.45, 7) is 0. The van der Waals surface area contributed by atoms with Gasteiger partial charge in [-0.05, 0) is 58.2 Å². The molecule has 1 heterocycles. The van der Waals surface area contributed by atoms with Crippen molar-refractivity contribution in [2.45, 2.75) is 12.3 Å². The van der Waals surface area contributed by atoms with E-state index in [1.165, 1.54) is 12.1 Å². The number of halogens is 3. The standard InChI is InChI=1S/C28H18Cl2FNOS/c29-23-3-1-2-18-8-7-17-6-4-16(12-21(17)22(28(18)23)14-27(33)34)5-10-20-11-9-19-13-25(31)24(30)15-26(19)32-20/h1-13,15,22H,14H2,(H,33,34)/b10-5+. The van der Waals surface area contributed by atoms with Crippen LogP contribution >= 0.6 is 35.8 Å². The van der Waals surface area contributed by atoms with Gasteiger partial charge in [-0.15, -0.1) is 12.6 Å². The van der Waals surface area contributed by atoms with Crippen molar-refractivity contribution < 1.29 is 9.18 Å². The molecule has 1 aliphatic carbocycles. The van der Waals surface area contributed by atoms with E-state index in [-0.39, 0.29) is 22.5 Å². The van der Waals surface area contributed by atoms with Gasteiger partial charge in [0.1, 0.15) is 5.82 Å². The second-order valence-electron chi connectivity index (χ2n) is 8.14. The number of fused-ring (bicyclic) bond motifs is 3. The van der Waals surface area contributed by atoms with Crippen molar-refractivity contribution in [2.75, 3.05) is 0 Å². The Morgan fingerprint density at radius 3 is 2.62 bits per heavy atom. The summed E-state index contributed by atoms with van der Waals surface area (Å²) in [5.74, 6) is -0.669. The van der Waals surface area contributed by atoms with Crippen LogP contribution < -0.4 is 0 Å². The number of carbonyl (C=O) groups is 1. The van der Waals surface area contributed by atoms with Gasteiger partial charge in [0, 0.05) is 22.7 Å². The Morgan fingerprint density at radius 2 is 1.79 bits per heavy atom. The quantitative estimate of drug-likeness (QED) is 0.282. The molecule has 0 spiro atoms. The van der Waals surface area contributed by atoms with Crippen molar-refractivity contribution >= 4 is 76.2 Å². The van der Waals surface area contributed by atoms with Gasteiger partial charge in [-0.25, -0.2) is 9.37 Å². The van der Waals surface area contributed by atoms with Crippen molar-refractivity contribution in [1.29, 1.82) is 0 Å². The zero-order chi connectivity index (χ0) is 23.8.